The fraction of sp³-hybridized carbons (Fsp3) is 0.278. The van der Waals surface area contributed by atoms with E-state index in [9.17, 15) is 24.5 Å². The second-order valence-electron chi connectivity index (χ2n) is 6.58. The SMILES string of the molecule is Cc1ccc(C2(C)NC(=O)N(CC(=O)N(C)c3ccc([N+](=O)[O-])cc3)C2=O)o1. The zero-order valence-electron chi connectivity index (χ0n) is 15.5. The predicted molar refractivity (Wildman–Crippen MR) is 97.5 cm³/mol. The van der Waals surface area contributed by atoms with E-state index in [4.69, 9.17) is 4.42 Å². The number of hydrogen-bond donors (Lipinski definition) is 1. The average molecular weight is 386 g/mol. The Bertz CT molecular complexity index is 967. The van der Waals surface area contributed by atoms with Gasteiger partial charge in [0.25, 0.3) is 11.6 Å². The van der Waals surface area contributed by atoms with Crippen LogP contribution in [-0.2, 0) is 15.1 Å². The van der Waals surface area contributed by atoms with Gasteiger partial charge in [0.15, 0.2) is 5.54 Å². The summed E-state index contributed by atoms with van der Waals surface area (Å²) in [5, 5.41) is 13.3. The molecule has 1 saturated heterocycles. The van der Waals surface area contributed by atoms with Crippen LogP contribution >= 0.6 is 0 Å². The Morgan fingerprint density at radius 1 is 1.25 bits per heavy atom. The number of benzene rings is 1. The number of urea groups is 1. The van der Waals surface area contributed by atoms with Gasteiger partial charge in [-0.05, 0) is 38.1 Å². The smallest absolute Gasteiger partial charge is 0.325 e. The number of nitro groups is 1. The molecule has 0 radical (unpaired) electrons. The fourth-order valence-electron chi connectivity index (χ4n) is 2.89. The van der Waals surface area contributed by atoms with Crippen LogP contribution in [0, 0.1) is 17.0 Å². The van der Waals surface area contributed by atoms with Crippen molar-refractivity contribution in [2.24, 2.45) is 0 Å². The van der Waals surface area contributed by atoms with Crippen LogP contribution in [0.25, 0.3) is 0 Å². The normalized spacial score (nSPS) is 18.9. The van der Waals surface area contributed by atoms with Crippen molar-refractivity contribution in [3.05, 3.63) is 58.0 Å². The van der Waals surface area contributed by atoms with E-state index in [1.54, 1.807) is 19.1 Å². The molecular weight excluding hydrogens is 368 g/mol. The van der Waals surface area contributed by atoms with Crippen LogP contribution in [0.3, 0.4) is 0 Å². The van der Waals surface area contributed by atoms with Crippen LogP contribution in [0.1, 0.15) is 18.4 Å². The Morgan fingerprint density at radius 3 is 2.43 bits per heavy atom. The summed E-state index contributed by atoms with van der Waals surface area (Å²) in [6, 6.07) is 7.94. The van der Waals surface area contributed by atoms with Crippen molar-refractivity contribution in [3.63, 3.8) is 0 Å². The standard InChI is InChI=1S/C18H18N4O6/c1-11-4-9-14(28-11)18(2)16(24)21(17(25)19-18)10-15(23)20(3)12-5-7-13(8-6-12)22(26)27/h4-9H,10H2,1-3H3,(H,19,25). The monoisotopic (exact) mass is 386 g/mol. The Kier molecular flexibility index (Phi) is 4.63. The molecule has 1 fully saturated rings. The second-order valence-corrected chi connectivity index (χ2v) is 6.58. The minimum absolute atomic E-state index is 0.108. The third-order valence-corrected chi connectivity index (χ3v) is 4.62. The van der Waals surface area contributed by atoms with E-state index >= 15 is 0 Å². The lowest BCUT2D eigenvalue weighted by atomic mass is 9.99. The van der Waals surface area contributed by atoms with E-state index in [1.165, 1.54) is 43.1 Å². The highest BCUT2D eigenvalue weighted by molar-refractivity contribution is 6.10. The molecule has 1 N–H and O–H groups in total. The number of carbonyl (C=O) groups excluding carboxylic acids is 3. The summed E-state index contributed by atoms with van der Waals surface area (Å²) in [7, 11) is 1.46. The summed E-state index contributed by atoms with van der Waals surface area (Å²) in [5.74, 6) is -0.262. The Morgan fingerprint density at radius 2 is 1.89 bits per heavy atom. The van der Waals surface area contributed by atoms with Crippen molar-refractivity contribution in [1.29, 1.82) is 0 Å². The number of non-ortho nitro benzene ring substituents is 1. The summed E-state index contributed by atoms with van der Waals surface area (Å²) < 4.78 is 5.48. The van der Waals surface area contributed by atoms with E-state index < -0.39 is 34.9 Å². The first-order valence-electron chi connectivity index (χ1n) is 8.35. The van der Waals surface area contributed by atoms with E-state index in [1.807, 2.05) is 0 Å². The molecule has 1 atom stereocenters. The van der Waals surface area contributed by atoms with E-state index in [0.717, 1.165) is 4.90 Å². The largest absolute Gasteiger partial charge is 0.463 e. The molecule has 2 heterocycles. The number of rotatable bonds is 5. The number of carbonyl (C=O) groups is 3. The lowest BCUT2D eigenvalue weighted by molar-refractivity contribution is -0.384. The van der Waals surface area contributed by atoms with E-state index in [-0.39, 0.29) is 11.4 Å². The van der Waals surface area contributed by atoms with E-state index in [0.29, 0.717) is 11.4 Å². The zero-order valence-corrected chi connectivity index (χ0v) is 15.5. The van der Waals surface area contributed by atoms with Crippen molar-refractivity contribution in [1.82, 2.24) is 10.2 Å². The molecule has 3 rings (SSSR count). The van der Waals surface area contributed by atoms with Crippen molar-refractivity contribution in [2.45, 2.75) is 19.4 Å². The van der Waals surface area contributed by atoms with Crippen molar-refractivity contribution < 1.29 is 23.7 Å². The second kappa shape index (κ2) is 6.80. The first kappa shape index (κ1) is 19.1. The molecule has 1 aromatic carbocycles. The number of likely N-dealkylation sites (N-methyl/N-ethyl adjacent to an activating group) is 1. The molecule has 0 saturated carbocycles. The molecule has 28 heavy (non-hydrogen) atoms. The maximum absolute atomic E-state index is 12.8. The summed E-state index contributed by atoms with van der Waals surface area (Å²) in [4.78, 5) is 49.9. The van der Waals surface area contributed by atoms with Gasteiger partial charge >= 0.3 is 6.03 Å². The lowest BCUT2D eigenvalue weighted by Gasteiger charge is -2.21. The van der Waals surface area contributed by atoms with Gasteiger partial charge in [0.05, 0.1) is 4.92 Å². The Labute approximate surface area is 159 Å². The highest BCUT2D eigenvalue weighted by atomic mass is 16.6. The predicted octanol–water partition coefficient (Wildman–Crippen LogP) is 1.93. The Balaban J connectivity index is 1.75. The minimum Gasteiger partial charge on any atom is -0.463 e. The van der Waals surface area contributed by atoms with Crippen LogP contribution < -0.4 is 10.2 Å². The zero-order chi connectivity index (χ0) is 20.6. The van der Waals surface area contributed by atoms with Crippen LogP contribution in [-0.4, -0.2) is 41.3 Å². The van der Waals surface area contributed by atoms with Crippen molar-refractivity contribution >= 4 is 29.2 Å². The quantitative estimate of drug-likeness (QED) is 0.475. The molecule has 10 nitrogen and oxygen atoms in total. The van der Waals surface area contributed by atoms with Gasteiger partial charge in [-0.25, -0.2) is 4.79 Å². The number of furan rings is 1. The van der Waals surface area contributed by atoms with Gasteiger partial charge in [-0.3, -0.25) is 24.6 Å². The number of amides is 4. The number of nitrogens with zero attached hydrogens (tertiary/aromatic N) is 3. The number of nitro benzene ring substituents is 1. The van der Waals surface area contributed by atoms with Gasteiger partial charge in [0, 0.05) is 24.9 Å². The highest BCUT2D eigenvalue weighted by Crippen LogP contribution is 2.30. The first-order valence-corrected chi connectivity index (χ1v) is 8.35. The van der Waals surface area contributed by atoms with Crippen LogP contribution in [0.2, 0.25) is 0 Å². The van der Waals surface area contributed by atoms with E-state index in [2.05, 4.69) is 5.32 Å². The van der Waals surface area contributed by atoms with Gasteiger partial charge in [-0.2, -0.15) is 0 Å². The minimum atomic E-state index is -1.39. The number of imide groups is 1. The molecule has 0 bridgehead atoms. The highest BCUT2D eigenvalue weighted by Gasteiger charge is 2.51. The molecule has 1 aromatic heterocycles. The average Bonchev–Trinajstić information content (AvgIpc) is 3.19. The fourth-order valence-corrected chi connectivity index (χ4v) is 2.89. The number of aryl methyl sites for hydroxylation is 1. The first-order chi connectivity index (χ1) is 13.1. The Hall–Kier alpha value is -3.69. The van der Waals surface area contributed by atoms with Crippen LogP contribution in [0.5, 0.6) is 0 Å². The maximum atomic E-state index is 12.8. The molecule has 1 aliphatic rings. The summed E-state index contributed by atoms with van der Waals surface area (Å²) in [6.45, 7) is 2.75. The van der Waals surface area contributed by atoms with Crippen molar-refractivity contribution in [2.75, 3.05) is 18.5 Å². The molecule has 0 aliphatic carbocycles. The molecule has 4 amide bonds. The lowest BCUT2D eigenvalue weighted by Crippen LogP contribution is -2.43. The third-order valence-electron chi connectivity index (χ3n) is 4.62. The number of anilines is 1. The molecule has 1 aliphatic heterocycles. The van der Waals surface area contributed by atoms with Gasteiger partial charge in [0.2, 0.25) is 5.91 Å². The van der Waals surface area contributed by atoms with Gasteiger partial charge in [-0.1, -0.05) is 0 Å². The maximum Gasteiger partial charge on any atom is 0.325 e. The van der Waals surface area contributed by atoms with Crippen molar-refractivity contribution in [3.8, 4) is 0 Å². The summed E-state index contributed by atoms with van der Waals surface area (Å²) in [5.41, 5.74) is -1.10. The van der Waals surface area contributed by atoms with Gasteiger partial charge < -0.3 is 14.6 Å². The van der Waals surface area contributed by atoms with Gasteiger partial charge in [0.1, 0.15) is 18.1 Å². The molecule has 10 heteroatoms. The summed E-state index contributed by atoms with van der Waals surface area (Å²) in [6.07, 6.45) is 0. The molecule has 0 spiro atoms. The molecule has 146 valence electrons. The number of nitrogens with one attached hydrogen (secondary N) is 1. The topological polar surface area (TPSA) is 126 Å². The number of hydrogen-bond acceptors (Lipinski definition) is 6. The molecule has 2 aromatic rings. The molecule has 1 unspecified atom stereocenters. The third kappa shape index (κ3) is 3.20. The summed E-state index contributed by atoms with van der Waals surface area (Å²) >= 11 is 0. The molecular formula is C18H18N4O6. The van der Waals surface area contributed by atoms with Crippen LogP contribution in [0.15, 0.2) is 40.8 Å². The van der Waals surface area contributed by atoms with Crippen LogP contribution in [0.4, 0.5) is 16.2 Å². The van der Waals surface area contributed by atoms with Gasteiger partial charge in [-0.15, -0.1) is 0 Å².